The molecule has 4 rings (SSSR count). The van der Waals surface area contributed by atoms with Gasteiger partial charge >= 0.3 is 5.00 Å². The van der Waals surface area contributed by atoms with Crippen LogP contribution in [0.1, 0.15) is 16.6 Å². The summed E-state index contributed by atoms with van der Waals surface area (Å²) in [6.45, 7) is 2.96. The Morgan fingerprint density at radius 1 is 1.12 bits per heavy atom. The third-order valence-corrected chi connectivity index (χ3v) is 5.38. The molecule has 0 spiro atoms. The Bertz CT molecular complexity index is 1160. The number of carbonyl (C=O) groups excluding carboxylic acids is 1. The number of amides is 1. The van der Waals surface area contributed by atoms with E-state index in [-0.39, 0.29) is 10.9 Å². The number of thiophene rings is 1. The third kappa shape index (κ3) is 2.62. The molecule has 0 radical (unpaired) electrons. The van der Waals surface area contributed by atoms with Gasteiger partial charge in [0.1, 0.15) is 0 Å². The second-order valence-electron chi connectivity index (χ2n) is 5.84. The molecule has 0 fully saturated rings. The summed E-state index contributed by atoms with van der Waals surface area (Å²) in [7, 11) is 0. The van der Waals surface area contributed by atoms with Crippen molar-refractivity contribution in [1.82, 2.24) is 4.57 Å². The van der Waals surface area contributed by atoms with Gasteiger partial charge in [-0.3, -0.25) is 14.9 Å². The summed E-state index contributed by atoms with van der Waals surface area (Å²) in [5.74, 6) is -0.346. The van der Waals surface area contributed by atoms with Crippen molar-refractivity contribution in [3.05, 3.63) is 69.6 Å². The zero-order valence-electron chi connectivity index (χ0n) is 13.9. The van der Waals surface area contributed by atoms with Crippen LogP contribution < -0.4 is 5.32 Å². The predicted molar refractivity (Wildman–Crippen MR) is 104 cm³/mol. The molecule has 1 amide bonds. The number of hydrogen-bond acceptors (Lipinski definition) is 4. The number of hydrogen-bond donors (Lipinski definition) is 1. The molecule has 0 aliphatic carbocycles. The number of nitro groups is 1. The molecular formula is C19H15N3O3S. The quantitative estimate of drug-likeness (QED) is 0.407. The number of para-hydroxylation sites is 1. The molecule has 0 bridgehead atoms. The normalized spacial score (nSPS) is 11.1. The van der Waals surface area contributed by atoms with Crippen LogP contribution in [0.2, 0.25) is 0 Å². The first kappa shape index (κ1) is 16.3. The lowest BCUT2D eigenvalue weighted by molar-refractivity contribution is -0.380. The Hall–Kier alpha value is -3.19. The van der Waals surface area contributed by atoms with Crippen LogP contribution in [0.4, 0.5) is 10.7 Å². The second kappa shape index (κ2) is 6.27. The van der Waals surface area contributed by atoms with Crippen molar-refractivity contribution < 1.29 is 9.72 Å². The number of anilines is 1. The van der Waals surface area contributed by atoms with E-state index in [1.165, 1.54) is 12.1 Å². The van der Waals surface area contributed by atoms with Crippen LogP contribution in [-0.4, -0.2) is 15.4 Å². The summed E-state index contributed by atoms with van der Waals surface area (Å²) >= 11 is 0.867. The predicted octanol–water partition coefficient (Wildman–Crippen LogP) is 5.04. The van der Waals surface area contributed by atoms with Crippen LogP contribution in [0.15, 0.2) is 54.6 Å². The lowest BCUT2D eigenvalue weighted by Gasteiger charge is -2.05. The van der Waals surface area contributed by atoms with Gasteiger partial charge in [0.05, 0.1) is 9.80 Å². The fourth-order valence-electron chi connectivity index (χ4n) is 3.21. The van der Waals surface area contributed by atoms with Crippen molar-refractivity contribution in [2.24, 2.45) is 0 Å². The molecule has 0 atom stereocenters. The van der Waals surface area contributed by atoms with Crippen LogP contribution in [0.25, 0.3) is 21.8 Å². The molecule has 2 aromatic heterocycles. The number of nitrogens with zero attached hydrogens (tertiary/aromatic N) is 2. The van der Waals surface area contributed by atoms with Crippen molar-refractivity contribution in [3.63, 3.8) is 0 Å². The fourth-order valence-corrected chi connectivity index (χ4v) is 3.93. The van der Waals surface area contributed by atoms with Gasteiger partial charge in [-0.25, -0.2) is 0 Å². The molecule has 4 aromatic rings. The minimum Gasteiger partial charge on any atom is -0.341 e. The summed E-state index contributed by atoms with van der Waals surface area (Å²) in [5.41, 5.74) is 2.93. The first-order valence-corrected chi connectivity index (χ1v) is 8.96. The van der Waals surface area contributed by atoms with E-state index in [1.54, 1.807) is 0 Å². The van der Waals surface area contributed by atoms with Crippen LogP contribution in [0, 0.1) is 10.1 Å². The zero-order valence-corrected chi connectivity index (χ0v) is 14.7. The van der Waals surface area contributed by atoms with E-state index >= 15 is 0 Å². The summed E-state index contributed by atoms with van der Waals surface area (Å²) in [5, 5.41) is 15.8. The van der Waals surface area contributed by atoms with Gasteiger partial charge in [0, 0.05) is 40.1 Å². The zero-order chi connectivity index (χ0) is 18.3. The minimum absolute atomic E-state index is 0.0448. The number of benzene rings is 2. The molecule has 6 nitrogen and oxygen atoms in total. The van der Waals surface area contributed by atoms with E-state index in [0.29, 0.717) is 10.6 Å². The van der Waals surface area contributed by atoms with Gasteiger partial charge in [-0.05, 0) is 37.3 Å². The van der Waals surface area contributed by atoms with Gasteiger partial charge in [0.25, 0.3) is 5.91 Å². The van der Waals surface area contributed by atoms with Gasteiger partial charge < -0.3 is 9.88 Å². The average Bonchev–Trinajstić information content (AvgIpc) is 3.25. The Morgan fingerprint density at radius 2 is 1.88 bits per heavy atom. The maximum absolute atomic E-state index is 12.4. The third-order valence-electron chi connectivity index (χ3n) is 4.34. The summed E-state index contributed by atoms with van der Waals surface area (Å²) < 4.78 is 2.24. The molecule has 0 aliphatic heterocycles. The van der Waals surface area contributed by atoms with Crippen molar-refractivity contribution in [1.29, 1.82) is 0 Å². The molecule has 1 N–H and O–H groups in total. The lowest BCUT2D eigenvalue weighted by atomic mass is 10.1. The first-order chi connectivity index (χ1) is 12.6. The molecule has 26 heavy (non-hydrogen) atoms. The maximum atomic E-state index is 12.4. The first-order valence-electron chi connectivity index (χ1n) is 8.15. The van der Waals surface area contributed by atoms with Crippen LogP contribution in [0.5, 0.6) is 0 Å². The van der Waals surface area contributed by atoms with Gasteiger partial charge in [-0.1, -0.05) is 29.5 Å². The van der Waals surface area contributed by atoms with E-state index in [1.807, 2.05) is 30.3 Å². The molecule has 2 heterocycles. The maximum Gasteiger partial charge on any atom is 0.324 e. The number of fused-ring (bicyclic) bond motifs is 3. The molecule has 130 valence electrons. The van der Waals surface area contributed by atoms with Gasteiger partial charge in [0.2, 0.25) is 0 Å². The van der Waals surface area contributed by atoms with Gasteiger partial charge in [0.15, 0.2) is 0 Å². The number of carbonyl (C=O) groups is 1. The summed E-state index contributed by atoms with van der Waals surface area (Å²) in [4.78, 5) is 23.0. The van der Waals surface area contributed by atoms with Crippen molar-refractivity contribution in [3.8, 4) is 0 Å². The summed E-state index contributed by atoms with van der Waals surface area (Å²) in [6.07, 6.45) is 0. The molecule has 7 heteroatoms. The molecule has 0 unspecified atom stereocenters. The van der Waals surface area contributed by atoms with E-state index in [4.69, 9.17) is 0 Å². The molecule has 0 aliphatic rings. The number of aryl methyl sites for hydroxylation is 1. The largest absolute Gasteiger partial charge is 0.341 e. The monoisotopic (exact) mass is 365 g/mol. The standard InChI is InChI=1S/C19H15N3O3S/c1-2-21-15-6-4-3-5-13(15)14-11-12(7-8-16(14)21)20-19(23)17-9-10-18(26-17)22(24)25/h3-11H,2H2,1H3,(H,20,23). The molecule has 0 saturated heterocycles. The highest BCUT2D eigenvalue weighted by atomic mass is 32.1. The minimum atomic E-state index is -0.493. The van der Waals surface area contributed by atoms with E-state index in [9.17, 15) is 14.9 Å². The smallest absolute Gasteiger partial charge is 0.324 e. The molecule has 0 saturated carbocycles. The van der Waals surface area contributed by atoms with E-state index in [0.717, 1.165) is 39.7 Å². The highest BCUT2D eigenvalue weighted by molar-refractivity contribution is 7.17. The van der Waals surface area contributed by atoms with Gasteiger partial charge in [-0.15, -0.1) is 0 Å². The van der Waals surface area contributed by atoms with Crippen molar-refractivity contribution in [2.75, 3.05) is 5.32 Å². The Morgan fingerprint density at radius 3 is 2.62 bits per heavy atom. The highest BCUT2D eigenvalue weighted by Crippen LogP contribution is 2.31. The van der Waals surface area contributed by atoms with Crippen LogP contribution in [-0.2, 0) is 6.54 Å². The molecular weight excluding hydrogens is 350 g/mol. The number of nitrogens with one attached hydrogen (secondary N) is 1. The highest BCUT2D eigenvalue weighted by Gasteiger charge is 2.16. The topological polar surface area (TPSA) is 77.2 Å². The SMILES string of the molecule is CCn1c2ccccc2c2cc(NC(=O)c3ccc([N+](=O)[O-])s3)ccc21. The van der Waals surface area contributed by atoms with Crippen LogP contribution >= 0.6 is 11.3 Å². The van der Waals surface area contributed by atoms with Gasteiger partial charge in [-0.2, -0.15) is 0 Å². The molecule has 2 aromatic carbocycles. The Kier molecular flexibility index (Phi) is 3.93. The Labute approximate surface area is 152 Å². The average molecular weight is 365 g/mol. The number of rotatable bonds is 4. The van der Waals surface area contributed by atoms with Crippen molar-refractivity contribution >= 4 is 49.7 Å². The van der Waals surface area contributed by atoms with Crippen LogP contribution in [0.3, 0.4) is 0 Å². The van der Waals surface area contributed by atoms with E-state index in [2.05, 4.69) is 28.9 Å². The second-order valence-corrected chi connectivity index (χ2v) is 6.90. The fraction of sp³-hybridized carbons (Fsp3) is 0.105. The van der Waals surface area contributed by atoms with E-state index < -0.39 is 4.92 Å². The summed E-state index contributed by atoms with van der Waals surface area (Å²) in [6, 6.07) is 16.8. The number of aromatic nitrogens is 1. The Balaban J connectivity index is 1.72. The lowest BCUT2D eigenvalue weighted by Crippen LogP contribution is -2.09. The van der Waals surface area contributed by atoms with Crippen molar-refractivity contribution in [2.45, 2.75) is 13.5 Å².